The van der Waals surface area contributed by atoms with E-state index in [0.717, 1.165) is 0 Å². The monoisotopic (exact) mass is 483 g/mol. The number of thioether (sulfide) groups is 1. The van der Waals surface area contributed by atoms with E-state index >= 15 is 0 Å². The summed E-state index contributed by atoms with van der Waals surface area (Å²) in [4.78, 5) is 24.4. The second kappa shape index (κ2) is 10.2. The molecule has 0 saturated heterocycles. The molecular weight excluding hydrogens is 469 g/mol. The number of amides is 2. The Morgan fingerprint density at radius 3 is 2.47 bits per heavy atom. The van der Waals surface area contributed by atoms with Crippen LogP contribution in [-0.4, -0.2) is 32.3 Å². The van der Waals surface area contributed by atoms with E-state index < -0.39 is 0 Å². The average Bonchev–Trinajstić information content (AvgIpc) is 3.03. The first-order chi connectivity index (χ1) is 14.3. The van der Waals surface area contributed by atoms with Crippen LogP contribution < -0.4 is 10.6 Å². The fourth-order valence-corrected chi connectivity index (χ4v) is 3.96. The van der Waals surface area contributed by atoms with Gasteiger partial charge in [0.25, 0.3) is 5.91 Å². The molecule has 0 aliphatic carbocycles. The maximum absolute atomic E-state index is 12.3. The van der Waals surface area contributed by atoms with Crippen LogP contribution in [0.15, 0.2) is 47.6 Å². The first-order valence-corrected chi connectivity index (χ1v) is 10.7. The zero-order valence-electron chi connectivity index (χ0n) is 15.7. The van der Waals surface area contributed by atoms with Gasteiger partial charge < -0.3 is 15.2 Å². The first-order valence-electron chi connectivity index (χ1n) is 8.63. The standard InChI is InChI=1S/C19H16Cl3N5O2S/c1-27-16(9-23-18(29)14-4-2-3-5-15(14)22)25-26-19(27)30-10-17(28)24-13-7-11(20)6-12(21)8-13/h2-8H,9-10H2,1H3,(H,23,29)(H,24,28). The number of hydrogen-bond acceptors (Lipinski definition) is 5. The SMILES string of the molecule is Cn1c(CNC(=O)c2ccccc2Cl)nnc1SCC(=O)Nc1cc(Cl)cc(Cl)c1. The molecule has 7 nitrogen and oxygen atoms in total. The van der Waals surface area contributed by atoms with Gasteiger partial charge in [0.2, 0.25) is 5.91 Å². The van der Waals surface area contributed by atoms with Gasteiger partial charge in [-0.25, -0.2) is 0 Å². The Morgan fingerprint density at radius 2 is 1.77 bits per heavy atom. The van der Waals surface area contributed by atoms with E-state index in [-0.39, 0.29) is 24.1 Å². The summed E-state index contributed by atoms with van der Waals surface area (Å²) >= 11 is 19.1. The minimum absolute atomic E-state index is 0.113. The molecule has 156 valence electrons. The molecule has 2 N–H and O–H groups in total. The number of halogens is 3. The van der Waals surface area contributed by atoms with Crippen molar-refractivity contribution in [1.82, 2.24) is 20.1 Å². The predicted octanol–water partition coefficient (Wildman–Crippen LogP) is 4.44. The van der Waals surface area contributed by atoms with Gasteiger partial charge in [0.1, 0.15) is 0 Å². The molecule has 0 spiro atoms. The number of carbonyl (C=O) groups is 2. The van der Waals surface area contributed by atoms with Crippen molar-refractivity contribution in [3.8, 4) is 0 Å². The lowest BCUT2D eigenvalue weighted by Crippen LogP contribution is -2.24. The quantitative estimate of drug-likeness (QED) is 0.484. The van der Waals surface area contributed by atoms with Gasteiger partial charge in [-0.3, -0.25) is 9.59 Å². The van der Waals surface area contributed by atoms with E-state index in [1.807, 2.05) is 0 Å². The highest BCUT2D eigenvalue weighted by atomic mass is 35.5. The lowest BCUT2D eigenvalue weighted by atomic mass is 10.2. The Morgan fingerprint density at radius 1 is 1.07 bits per heavy atom. The third kappa shape index (κ3) is 5.89. The third-order valence-electron chi connectivity index (χ3n) is 3.93. The molecule has 2 aromatic carbocycles. The fourth-order valence-electron chi connectivity index (χ4n) is 2.48. The minimum atomic E-state index is -0.308. The smallest absolute Gasteiger partial charge is 0.253 e. The number of carbonyl (C=O) groups excluding carboxylic acids is 2. The maximum Gasteiger partial charge on any atom is 0.253 e. The molecule has 0 aliphatic heterocycles. The normalized spacial score (nSPS) is 10.7. The van der Waals surface area contributed by atoms with E-state index in [1.165, 1.54) is 11.8 Å². The summed E-state index contributed by atoms with van der Waals surface area (Å²) < 4.78 is 1.71. The molecule has 3 rings (SSSR count). The molecule has 0 bridgehead atoms. The second-order valence-corrected chi connectivity index (χ2v) is 8.34. The molecule has 0 radical (unpaired) electrons. The van der Waals surface area contributed by atoms with Crippen molar-refractivity contribution in [2.45, 2.75) is 11.7 Å². The topological polar surface area (TPSA) is 88.9 Å². The van der Waals surface area contributed by atoms with Crippen molar-refractivity contribution in [3.63, 3.8) is 0 Å². The molecule has 2 amide bonds. The first kappa shape index (κ1) is 22.4. The van der Waals surface area contributed by atoms with Gasteiger partial charge in [-0.1, -0.05) is 58.7 Å². The molecule has 0 unspecified atom stereocenters. The molecule has 1 aromatic heterocycles. The van der Waals surface area contributed by atoms with Crippen molar-refractivity contribution in [3.05, 3.63) is 68.9 Å². The zero-order chi connectivity index (χ0) is 21.7. The third-order valence-corrected chi connectivity index (χ3v) is 5.72. The fraction of sp³-hybridized carbons (Fsp3) is 0.158. The van der Waals surface area contributed by atoms with Crippen LogP contribution in [0.25, 0.3) is 0 Å². The average molecular weight is 485 g/mol. The minimum Gasteiger partial charge on any atom is -0.345 e. The summed E-state index contributed by atoms with van der Waals surface area (Å²) in [5, 5.41) is 15.4. The van der Waals surface area contributed by atoms with Crippen LogP contribution in [-0.2, 0) is 18.4 Å². The molecular formula is C19H16Cl3N5O2S. The number of anilines is 1. The molecule has 11 heteroatoms. The Hall–Kier alpha value is -2.26. The van der Waals surface area contributed by atoms with Gasteiger partial charge in [-0.05, 0) is 30.3 Å². The molecule has 1 heterocycles. The van der Waals surface area contributed by atoms with Crippen LogP contribution in [0.4, 0.5) is 5.69 Å². The summed E-state index contributed by atoms with van der Waals surface area (Å²) in [6, 6.07) is 11.6. The van der Waals surface area contributed by atoms with Crippen LogP contribution >= 0.6 is 46.6 Å². The van der Waals surface area contributed by atoms with Gasteiger partial charge in [0.15, 0.2) is 11.0 Å². The van der Waals surface area contributed by atoms with Gasteiger partial charge in [0.05, 0.1) is 22.9 Å². The maximum atomic E-state index is 12.3. The molecule has 0 saturated carbocycles. The summed E-state index contributed by atoms with van der Waals surface area (Å²) in [5.74, 6) is 0.106. The van der Waals surface area contributed by atoms with Crippen molar-refractivity contribution in [2.24, 2.45) is 7.05 Å². The van der Waals surface area contributed by atoms with Crippen molar-refractivity contribution in [2.75, 3.05) is 11.1 Å². The van der Waals surface area contributed by atoms with Gasteiger partial charge in [-0.2, -0.15) is 0 Å². The Balaban J connectivity index is 1.54. The van der Waals surface area contributed by atoms with Crippen LogP contribution in [0.1, 0.15) is 16.2 Å². The number of aromatic nitrogens is 3. The predicted molar refractivity (Wildman–Crippen MR) is 119 cm³/mol. The van der Waals surface area contributed by atoms with E-state index in [1.54, 1.807) is 54.1 Å². The highest BCUT2D eigenvalue weighted by molar-refractivity contribution is 7.99. The van der Waals surface area contributed by atoms with Crippen LogP contribution in [0.5, 0.6) is 0 Å². The van der Waals surface area contributed by atoms with E-state index in [4.69, 9.17) is 34.8 Å². The van der Waals surface area contributed by atoms with Crippen LogP contribution in [0.3, 0.4) is 0 Å². The van der Waals surface area contributed by atoms with Gasteiger partial charge in [-0.15, -0.1) is 10.2 Å². The molecule has 3 aromatic rings. The largest absolute Gasteiger partial charge is 0.345 e. The number of rotatable bonds is 7. The van der Waals surface area contributed by atoms with Crippen LogP contribution in [0, 0.1) is 0 Å². The lowest BCUT2D eigenvalue weighted by Gasteiger charge is -2.08. The van der Waals surface area contributed by atoms with Gasteiger partial charge in [0, 0.05) is 22.8 Å². The number of hydrogen-bond donors (Lipinski definition) is 2. The Labute approximate surface area is 192 Å². The lowest BCUT2D eigenvalue weighted by molar-refractivity contribution is -0.113. The summed E-state index contributed by atoms with van der Waals surface area (Å²) in [6.45, 7) is 0.168. The highest BCUT2D eigenvalue weighted by Gasteiger charge is 2.14. The van der Waals surface area contributed by atoms with E-state index in [0.29, 0.717) is 37.3 Å². The molecule has 30 heavy (non-hydrogen) atoms. The molecule has 0 atom stereocenters. The molecule has 0 fully saturated rings. The van der Waals surface area contributed by atoms with E-state index in [9.17, 15) is 9.59 Å². The number of benzene rings is 2. The summed E-state index contributed by atoms with van der Waals surface area (Å²) in [6.07, 6.45) is 0. The second-order valence-electron chi connectivity index (χ2n) is 6.12. The zero-order valence-corrected chi connectivity index (χ0v) is 18.7. The van der Waals surface area contributed by atoms with Crippen molar-refractivity contribution < 1.29 is 9.59 Å². The van der Waals surface area contributed by atoms with Crippen LogP contribution in [0.2, 0.25) is 15.1 Å². The number of nitrogens with one attached hydrogen (secondary N) is 2. The van der Waals surface area contributed by atoms with E-state index in [2.05, 4.69) is 20.8 Å². The Kier molecular flexibility index (Phi) is 7.60. The van der Waals surface area contributed by atoms with Crippen molar-refractivity contribution >= 4 is 64.1 Å². The highest BCUT2D eigenvalue weighted by Crippen LogP contribution is 2.23. The Bertz CT molecular complexity index is 1070. The summed E-state index contributed by atoms with van der Waals surface area (Å²) in [5.41, 5.74) is 0.896. The van der Waals surface area contributed by atoms with Gasteiger partial charge >= 0.3 is 0 Å². The molecule has 0 aliphatic rings. The number of nitrogens with zero attached hydrogens (tertiary/aromatic N) is 3. The van der Waals surface area contributed by atoms with Crippen molar-refractivity contribution in [1.29, 1.82) is 0 Å². The summed E-state index contributed by atoms with van der Waals surface area (Å²) in [7, 11) is 1.76.